The van der Waals surface area contributed by atoms with Crippen LogP contribution in [0, 0.1) is 10.1 Å². The Morgan fingerprint density at radius 2 is 2.11 bits per heavy atom. The van der Waals surface area contributed by atoms with Gasteiger partial charge < -0.3 is 20.0 Å². The van der Waals surface area contributed by atoms with Crippen molar-refractivity contribution < 1.29 is 19.6 Å². The molecule has 1 unspecified atom stereocenters. The predicted molar refractivity (Wildman–Crippen MR) is 104 cm³/mol. The maximum absolute atomic E-state index is 11.1. The molecule has 0 amide bonds. The summed E-state index contributed by atoms with van der Waals surface area (Å²) in [5.74, 6) is 0.869. The average Bonchev–Trinajstić information content (AvgIpc) is 2.69. The SMILES string of the molecule is COc1ccccc1C(C)=NOc1cc(NCC(O)CCl)cc([N+](=O)[O-])c1. The lowest BCUT2D eigenvalue weighted by Gasteiger charge is -2.11. The molecule has 0 aliphatic heterocycles. The van der Waals surface area contributed by atoms with Crippen LogP contribution < -0.4 is 14.9 Å². The van der Waals surface area contributed by atoms with E-state index in [0.29, 0.717) is 17.1 Å². The van der Waals surface area contributed by atoms with Gasteiger partial charge in [-0.05, 0) is 19.1 Å². The van der Waals surface area contributed by atoms with Gasteiger partial charge in [0.25, 0.3) is 5.69 Å². The molecule has 144 valence electrons. The Balaban J connectivity index is 2.23. The monoisotopic (exact) mass is 393 g/mol. The fraction of sp³-hybridized carbons (Fsp3) is 0.278. The zero-order chi connectivity index (χ0) is 19.8. The predicted octanol–water partition coefficient (Wildman–Crippen LogP) is 3.42. The number of ether oxygens (including phenoxy) is 1. The van der Waals surface area contributed by atoms with E-state index < -0.39 is 11.0 Å². The number of aliphatic hydroxyl groups is 1. The van der Waals surface area contributed by atoms with Gasteiger partial charge in [-0.3, -0.25) is 10.1 Å². The highest BCUT2D eigenvalue weighted by molar-refractivity contribution is 6.18. The first-order valence-corrected chi connectivity index (χ1v) is 8.60. The molecule has 9 heteroatoms. The highest BCUT2D eigenvalue weighted by atomic mass is 35.5. The second-order valence-electron chi connectivity index (χ2n) is 5.63. The molecule has 0 saturated heterocycles. The highest BCUT2D eigenvalue weighted by Crippen LogP contribution is 2.27. The lowest BCUT2D eigenvalue weighted by Crippen LogP contribution is -2.20. The van der Waals surface area contributed by atoms with Crippen LogP contribution in [0.3, 0.4) is 0 Å². The molecule has 0 spiro atoms. The van der Waals surface area contributed by atoms with E-state index >= 15 is 0 Å². The molecule has 0 aromatic heterocycles. The van der Waals surface area contributed by atoms with Crippen molar-refractivity contribution in [3.63, 3.8) is 0 Å². The number of anilines is 1. The summed E-state index contributed by atoms with van der Waals surface area (Å²) < 4.78 is 5.28. The number of benzene rings is 2. The molecule has 2 rings (SSSR count). The molecule has 27 heavy (non-hydrogen) atoms. The average molecular weight is 394 g/mol. The van der Waals surface area contributed by atoms with Crippen LogP contribution >= 0.6 is 11.6 Å². The van der Waals surface area contributed by atoms with Crippen LogP contribution in [0.4, 0.5) is 11.4 Å². The number of aliphatic hydroxyl groups excluding tert-OH is 1. The minimum atomic E-state index is -0.777. The largest absolute Gasteiger partial charge is 0.496 e. The van der Waals surface area contributed by atoms with E-state index in [1.807, 2.05) is 18.2 Å². The number of hydrogen-bond acceptors (Lipinski definition) is 7. The number of rotatable bonds is 9. The summed E-state index contributed by atoms with van der Waals surface area (Å²) in [6, 6.07) is 11.5. The first kappa shape index (κ1) is 20.5. The third-order valence-electron chi connectivity index (χ3n) is 3.61. The normalized spacial score (nSPS) is 12.4. The Morgan fingerprint density at radius 3 is 2.78 bits per heavy atom. The Morgan fingerprint density at radius 1 is 1.37 bits per heavy atom. The van der Waals surface area contributed by atoms with Crippen molar-refractivity contribution in [1.29, 1.82) is 0 Å². The lowest BCUT2D eigenvalue weighted by atomic mass is 10.1. The summed E-state index contributed by atoms with van der Waals surface area (Å²) in [7, 11) is 1.56. The van der Waals surface area contributed by atoms with Gasteiger partial charge in [0.15, 0.2) is 5.75 Å². The fourth-order valence-corrected chi connectivity index (χ4v) is 2.36. The van der Waals surface area contributed by atoms with Gasteiger partial charge >= 0.3 is 0 Å². The number of non-ortho nitro benzene ring substituents is 1. The van der Waals surface area contributed by atoms with E-state index in [1.165, 1.54) is 12.1 Å². The quantitative estimate of drug-likeness (QED) is 0.292. The van der Waals surface area contributed by atoms with E-state index in [2.05, 4.69) is 10.5 Å². The Bertz CT molecular complexity index is 828. The van der Waals surface area contributed by atoms with E-state index in [-0.39, 0.29) is 23.9 Å². The standard InChI is InChI=1S/C18H20ClN3O5/c1-12(17-5-3-4-6-18(17)26-2)21-27-16-8-13(20-11-15(23)10-19)7-14(9-16)22(24)25/h3-9,15,20,23H,10-11H2,1-2H3. The molecule has 2 N–H and O–H groups in total. The van der Waals surface area contributed by atoms with E-state index in [1.54, 1.807) is 26.2 Å². The summed E-state index contributed by atoms with van der Waals surface area (Å²) in [5, 5.41) is 27.6. The van der Waals surface area contributed by atoms with Crippen LogP contribution in [0.15, 0.2) is 47.6 Å². The second-order valence-corrected chi connectivity index (χ2v) is 5.94. The van der Waals surface area contributed by atoms with Crippen molar-refractivity contribution in [2.45, 2.75) is 13.0 Å². The number of nitro benzene ring substituents is 1. The summed E-state index contributed by atoms with van der Waals surface area (Å²) in [4.78, 5) is 16.0. The number of oxime groups is 1. The van der Waals surface area contributed by atoms with Crippen LogP contribution in [0.5, 0.6) is 11.5 Å². The van der Waals surface area contributed by atoms with Gasteiger partial charge in [0.05, 0.1) is 35.8 Å². The lowest BCUT2D eigenvalue weighted by molar-refractivity contribution is -0.384. The van der Waals surface area contributed by atoms with Crippen LogP contribution in [-0.4, -0.2) is 41.4 Å². The van der Waals surface area contributed by atoms with Crippen molar-refractivity contribution in [2.24, 2.45) is 5.16 Å². The molecule has 2 aromatic rings. The summed E-state index contributed by atoms with van der Waals surface area (Å²) in [6.45, 7) is 1.89. The van der Waals surface area contributed by atoms with Gasteiger partial charge in [-0.2, -0.15) is 0 Å². The van der Waals surface area contributed by atoms with Crippen LogP contribution in [0.2, 0.25) is 0 Å². The minimum absolute atomic E-state index is 0.0493. The first-order valence-electron chi connectivity index (χ1n) is 8.07. The van der Waals surface area contributed by atoms with Crippen LogP contribution in [-0.2, 0) is 0 Å². The molecule has 0 bridgehead atoms. The van der Waals surface area contributed by atoms with Crippen molar-refractivity contribution in [1.82, 2.24) is 0 Å². The number of methoxy groups -OCH3 is 1. The third-order valence-corrected chi connectivity index (χ3v) is 3.96. The number of nitrogens with one attached hydrogen (secondary N) is 1. The van der Waals surface area contributed by atoms with Crippen LogP contribution in [0.1, 0.15) is 12.5 Å². The molecule has 1 atom stereocenters. The van der Waals surface area contributed by atoms with Gasteiger partial charge in [-0.1, -0.05) is 17.3 Å². The number of nitrogens with zero attached hydrogens (tertiary/aromatic N) is 2. The topological polar surface area (TPSA) is 106 Å². The molecule has 0 aliphatic carbocycles. The Hall–Kier alpha value is -2.84. The van der Waals surface area contributed by atoms with Crippen molar-refractivity contribution in [3.05, 3.63) is 58.1 Å². The highest BCUT2D eigenvalue weighted by Gasteiger charge is 2.13. The van der Waals surface area contributed by atoms with Crippen molar-refractivity contribution >= 4 is 28.7 Å². The molecule has 8 nitrogen and oxygen atoms in total. The maximum Gasteiger partial charge on any atom is 0.275 e. The maximum atomic E-state index is 11.1. The second kappa shape index (κ2) is 9.75. The number of nitro groups is 1. The number of halogens is 1. The van der Waals surface area contributed by atoms with Gasteiger partial charge in [0, 0.05) is 29.9 Å². The van der Waals surface area contributed by atoms with E-state index in [9.17, 15) is 15.2 Å². The van der Waals surface area contributed by atoms with Crippen LogP contribution in [0.25, 0.3) is 0 Å². The smallest absolute Gasteiger partial charge is 0.275 e. The van der Waals surface area contributed by atoms with Gasteiger partial charge in [0.1, 0.15) is 5.75 Å². The van der Waals surface area contributed by atoms with Crippen molar-refractivity contribution in [2.75, 3.05) is 24.9 Å². The molecule has 0 aliphatic rings. The first-order chi connectivity index (χ1) is 12.9. The molecule has 0 radical (unpaired) electrons. The fourth-order valence-electron chi connectivity index (χ4n) is 2.25. The molecule has 0 fully saturated rings. The molecule has 2 aromatic carbocycles. The Labute approximate surface area is 161 Å². The number of para-hydroxylation sites is 1. The van der Waals surface area contributed by atoms with Gasteiger partial charge in [-0.15, -0.1) is 11.6 Å². The summed E-state index contributed by atoms with van der Waals surface area (Å²) in [5.41, 5.74) is 1.54. The molecule has 0 saturated carbocycles. The zero-order valence-electron chi connectivity index (χ0n) is 14.9. The van der Waals surface area contributed by atoms with Crippen molar-refractivity contribution in [3.8, 4) is 11.5 Å². The third kappa shape index (κ3) is 5.83. The van der Waals surface area contributed by atoms with E-state index in [4.69, 9.17) is 21.2 Å². The van der Waals surface area contributed by atoms with Gasteiger partial charge in [0.2, 0.25) is 0 Å². The summed E-state index contributed by atoms with van der Waals surface area (Å²) in [6.07, 6.45) is -0.777. The summed E-state index contributed by atoms with van der Waals surface area (Å²) >= 11 is 5.55. The molecule has 0 heterocycles. The number of alkyl halides is 1. The van der Waals surface area contributed by atoms with Gasteiger partial charge in [-0.25, -0.2) is 0 Å². The Kier molecular flexibility index (Phi) is 7.39. The zero-order valence-corrected chi connectivity index (χ0v) is 15.6. The molecular formula is C18H20ClN3O5. The minimum Gasteiger partial charge on any atom is -0.496 e. The van der Waals surface area contributed by atoms with E-state index in [0.717, 1.165) is 5.56 Å². The molecular weight excluding hydrogens is 374 g/mol. The number of hydrogen-bond donors (Lipinski definition) is 2.